The van der Waals surface area contributed by atoms with Crippen LogP contribution in [-0.2, 0) is 19.1 Å². The van der Waals surface area contributed by atoms with E-state index in [1.165, 1.54) is 7.05 Å². The lowest BCUT2D eigenvalue weighted by molar-refractivity contribution is -0.136. The molecule has 0 aliphatic carbocycles. The van der Waals surface area contributed by atoms with Crippen LogP contribution in [0.3, 0.4) is 0 Å². The van der Waals surface area contributed by atoms with E-state index in [2.05, 4.69) is 10.3 Å². The molecular formula is C22H27N3O6. The van der Waals surface area contributed by atoms with Crippen LogP contribution in [0.1, 0.15) is 44.6 Å². The van der Waals surface area contributed by atoms with Crippen LogP contribution < -0.4 is 5.32 Å². The lowest BCUT2D eigenvalue weighted by Gasteiger charge is -2.17. The Hall–Kier alpha value is -3.62. The van der Waals surface area contributed by atoms with Crippen LogP contribution in [0, 0.1) is 20.8 Å². The molecule has 0 bridgehead atoms. The fourth-order valence-electron chi connectivity index (χ4n) is 2.91. The first-order valence-corrected chi connectivity index (χ1v) is 9.77. The Bertz CT molecular complexity index is 978. The third kappa shape index (κ3) is 6.18. The maximum absolute atomic E-state index is 12.5. The highest BCUT2D eigenvalue weighted by atomic mass is 16.5. The van der Waals surface area contributed by atoms with E-state index in [1.807, 2.05) is 19.1 Å². The maximum atomic E-state index is 12.5. The largest absolute Gasteiger partial charge is 0.461 e. The van der Waals surface area contributed by atoms with Gasteiger partial charge in [0.15, 0.2) is 6.61 Å². The van der Waals surface area contributed by atoms with Crippen LogP contribution in [0.2, 0.25) is 0 Å². The van der Waals surface area contributed by atoms with E-state index >= 15 is 0 Å². The van der Waals surface area contributed by atoms with Crippen molar-refractivity contribution in [1.29, 1.82) is 0 Å². The number of anilines is 1. The molecular weight excluding hydrogens is 402 g/mol. The second-order valence-corrected chi connectivity index (χ2v) is 7.09. The fourth-order valence-corrected chi connectivity index (χ4v) is 2.91. The number of nitrogens with zero attached hydrogens (tertiary/aromatic N) is 1. The highest BCUT2D eigenvalue weighted by Gasteiger charge is 2.25. The van der Waals surface area contributed by atoms with Gasteiger partial charge in [0.05, 0.1) is 18.7 Å². The maximum Gasteiger partial charge on any atom is 0.355 e. The molecule has 0 saturated heterocycles. The molecule has 0 fully saturated rings. The average molecular weight is 429 g/mol. The molecule has 2 N–H and O–H groups in total. The number of ether oxygens (including phenoxy) is 2. The molecule has 2 aromatic rings. The van der Waals surface area contributed by atoms with E-state index in [4.69, 9.17) is 9.47 Å². The van der Waals surface area contributed by atoms with Gasteiger partial charge in [-0.25, -0.2) is 9.59 Å². The standard InChI is InChI=1S/C22H27N3O6/c1-6-30-22(29)20-14(3)19(15(4)23-20)21(28)31-12-18(27)25(5)11-17(26)24-16-9-7-13(2)8-10-16/h7-10,23H,6,11-12H2,1-5H3,(H,24,26). The Morgan fingerprint density at radius 2 is 1.65 bits per heavy atom. The number of hydrogen-bond acceptors (Lipinski definition) is 6. The third-order valence-corrected chi connectivity index (χ3v) is 4.59. The highest BCUT2D eigenvalue weighted by Crippen LogP contribution is 2.20. The minimum absolute atomic E-state index is 0.169. The number of carbonyl (C=O) groups excluding carboxylic acids is 4. The van der Waals surface area contributed by atoms with Crippen LogP contribution in [0.5, 0.6) is 0 Å². The van der Waals surface area contributed by atoms with Crippen molar-refractivity contribution >= 4 is 29.4 Å². The van der Waals surface area contributed by atoms with Crippen LogP contribution in [0.4, 0.5) is 5.69 Å². The van der Waals surface area contributed by atoms with Crippen molar-refractivity contribution < 1.29 is 28.7 Å². The summed E-state index contributed by atoms with van der Waals surface area (Å²) in [5.74, 6) is -2.23. The van der Waals surface area contributed by atoms with Crippen molar-refractivity contribution in [3.05, 3.63) is 52.3 Å². The van der Waals surface area contributed by atoms with Crippen molar-refractivity contribution in [2.45, 2.75) is 27.7 Å². The minimum Gasteiger partial charge on any atom is -0.461 e. The number of esters is 2. The zero-order valence-corrected chi connectivity index (χ0v) is 18.3. The Morgan fingerprint density at radius 1 is 1.00 bits per heavy atom. The van der Waals surface area contributed by atoms with Gasteiger partial charge in [0, 0.05) is 18.4 Å². The first-order chi connectivity index (χ1) is 14.6. The number of hydrogen-bond donors (Lipinski definition) is 2. The van der Waals surface area contributed by atoms with E-state index in [0.717, 1.165) is 10.5 Å². The quantitative estimate of drug-likeness (QED) is 0.622. The summed E-state index contributed by atoms with van der Waals surface area (Å²) < 4.78 is 10.1. The monoisotopic (exact) mass is 429 g/mol. The summed E-state index contributed by atoms with van der Waals surface area (Å²) in [5, 5.41) is 2.70. The lowest BCUT2D eigenvalue weighted by atomic mass is 10.1. The van der Waals surface area contributed by atoms with Crippen LogP contribution >= 0.6 is 0 Å². The van der Waals surface area contributed by atoms with Gasteiger partial charge >= 0.3 is 11.9 Å². The van der Waals surface area contributed by atoms with Gasteiger partial charge < -0.3 is 24.7 Å². The average Bonchev–Trinajstić information content (AvgIpc) is 3.02. The Morgan fingerprint density at radius 3 is 2.26 bits per heavy atom. The minimum atomic E-state index is -0.743. The van der Waals surface area contributed by atoms with E-state index < -0.39 is 24.5 Å². The predicted molar refractivity (Wildman–Crippen MR) is 114 cm³/mol. The number of aryl methyl sites for hydroxylation is 2. The predicted octanol–water partition coefficient (Wildman–Crippen LogP) is 2.37. The molecule has 0 atom stereocenters. The first kappa shape index (κ1) is 23.7. The van der Waals surface area contributed by atoms with Gasteiger partial charge in [0.25, 0.3) is 5.91 Å². The number of benzene rings is 1. The zero-order chi connectivity index (χ0) is 23.1. The number of aromatic amines is 1. The van der Waals surface area contributed by atoms with E-state index in [9.17, 15) is 19.2 Å². The number of likely N-dealkylation sites (N-methyl/N-ethyl adjacent to an activating group) is 1. The summed E-state index contributed by atoms with van der Waals surface area (Å²) in [6.07, 6.45) is 0. The SMILES string of the molecule is CCOC(=O)c1[nH]c(C)c(C(=O)OCC(=O)N(C)CC(=O)Nc2ccc(C)cc2)c1C. The number of rotatable bonds is 8. The lowest BCUT2D eigenvalue weighted by Crippen LogP contribution is -2.37. The van der Waals surface area contributed by atoms with Crippen LogP contribution in [0.15, 0.2) is 24.3 Å². The van der Waals surface area contributed by atoms with E-state index in [1.54, 1.807) is 32.9 Å². The number of carbonyl (C=O) groups is 4. The van der Waals surface area contributed by atoms with Gasteiger partial charge in [-0.05, 0) is 45.4 Å². The molecule has 1 aromatic carbocycles. The van der Waals surface area contributed by atoms with Gasteiger partial charge in [-0.2, -0.15) is 0 Å². The fraction of sp³-hybridized carbons (Fsp3) is 0.364. The molecule has 9 nitrogen and oxygen atoms in total. The van der Waals surface area contributed by atoms with Gasteiger partial charge in [-0.3, -0.25) is 9.59 Å². The highest BCUT2D eigenvalue weighted by molar-refractivity contribution is 5.99. The molecule has 0 unspecified atom stereocenters. The number of amides is 2. The number of H-pyrrole nitrogens is 1. The molecule has 9 heteroatoms. The zero-order valence-electron chi connectivity index (χ0n) is 18.3. The van der Waals surface area contributed by atoms with Crippen LogP contribution in [-0.4, -0.2) is 60.4 Å². The molecule has 1 aromatic heterocycles. The summed E-state index contributed by atoms with van der Waals surface area (Å²) in [6, 6.07) is 7.26. The molecule has 31 heavy (non-hydrogen) atoms. The number of nitrogens with one attached hydrogen (secondary N) is 2. The summed E-state index contributed by atoms with van der Waals surface area (Å²) in [5.41, 5.74) is 2.86. The topological polar surface area (TPSA) is 118 Å². The molecule has 0 aliphatic heterocycles. The molecule has 2 amide bonds. The van der Waals surface area contributed by atoms with Gasteiger partial charge in [0.2, 0.25) is 5.91 Å². The number of aromatic nitrogens is 1. The Labute approximate surface area is 180 Å². The van der Waals surface area contributed by atoms with Crippen molar-refractivity contribution in [1.82, 2.24) is 9.88 Å². The summed E-state index contributed by atoms with van der Waals surface area (Å²) in [4.78, 5) is 52.8. The van der Waals surface area contributed by atoms with Crippen molar-refractivity contribution in [2.24, 2.45) is 0 Å². The Kier molecular flexibility index (Phi) is 7.95. The normalized spacial score (nSPS) is 10.4. The van der Waals surface area contributed by atoms with Crippen molar-refractivity contribution in [3.63, 3.8) is 0 Å². The van der Waals surface area contributed by atoms with Gasteiger partial charge in [-0.1, -0.05) is 17.7 Å². The van der Waals surface area contributed by atoms with Crippen molar-refractivity contribution in [2.75, 3.05) is 32.1 Å². The Balaban J connectivity index is 1.91. The molecule has 0 aliphatic rings. The summed E-state index contributed by atoms with van der Waals surface area (Å²) in [7, 11) is 1.44. The molecule has 0 radical (unpaired) electrons. The summed E-state index contributed by atoms with van der Waals surface area (Å²) >= 11 is 0. The molecule has 2 rings (SSSR count). The van der Waals surface area contributed by atoms with E-state index in [0.29, 0.717) is 16.9 Å². The van der Waals surface area contributed by atoms with Gasteiger partial charge in [-0.15, -0.1) is 0 Å². The van der Waals surface area contributed by atoms with Gasteiger partial charge in [0.1, 0.15) is 5.69 Å². The summed E-state index contributed by atoms with van der Waals surface area (Å²) in [6.45, 7) is 6.31. The smallest absolute Gasteiger partial charge is 0.355 e. The first-order valence-electron chi connectivity index (χ1n) is 9.77. The third-order valence-electron chi connectivity index (χ3n) is 4.59. The molecule has 0 saturated carbocycles. The second kappa shape index (κ2) is 10.4. The molecule has 166 valence electrons. The van der Waals surface area contributed by atoms with E-state index in [-0.39, 0.29) is 30.3 Å². The molecule has 0 spiro atoms. The second-order valence-electron chi connectivity index (χ2n) is 7.09. The van der Waals surface area contributed by atoms with Crippen LogP contribution in [0.25, 0.3) is 0 Å². The van der Waals surface area contributed by atoms with Crippen molar-refractivity contribution in [3.8, 4) is 0 Å². The molecule has 1 heterocycles.